The number of piperidine rings is 1. The van der Waals surface area contributed by atoms with Crippen LogP contribution >= 0.6 is 0 Å². The highest BCUT2D eigenvalue weighted by Crippen LogP contribution is 2.11. The van der Waals surface area contributed by atoms with Gasteiger partial charge in [-0.05, 0) is 37.5 Å². The Kier molecular flexibility index (Phi) is 3.72. The number of carbonyl (C=O) groups is 1. The zero-order valence-corrected chi connectivity index (χ0v) is 11.3. The summed E-state index contributed by atoms with van der Waals surface area (Å²) in [5, 5.41) is 0. The van der Waals surface area contributed by atoms with Gasteiger partial charge in [0.25, 0.3) is 0 Å². The molecule has 102 valence electrons. The molecule has 4 heteroatoms. The molecule has 0 unspecified atom stereocenters. The second kappa shape index (κ2) is 5.82. The van der Waals surface area contributed by atoms with Gasteiger partial charge in [-0.3, -0.25) is 9.78 Å². The largest absolute Gasteiger partial charge is 0.339 e. The maximum atomic E-state index is 12.0. The first-order valence-electron chi connectivity index (χ1n) is 7.02. The summed E-state index contributed by atoms with van der Waals surface area (Å²) >= 11 is 0. The summed E-state index contributed by atoms with van der Waals surface area (Å²) in [6, 6.07) is 7.72. The fourth-order valence-corrected chi connectivity index (χ4v) is 2.43. The molecule has 1 amide bonds. The maximum Gasteiger partial charge on any atom is 0.246 e. The number of carbonyl (C=O) groups excluding carboxylic acids is 1. The minimum Gasteiger partial charge on any atom is -0.339 e. The third kappa shape index (κ3) is 2.85. The summed E-state index contributed by atoms with van der Waals surface area (Å²) in [6.07, 6.45) is 8.48. The van der Waals surface area contributed by atoms with Crippen molar-refractivity contribution in [1.29, 1.82) is 0 Å². The minimum atomic E-state index is 0.0691. The van der Waals surface area contributed by atoms with Crippen molar-refractivity contribution in [2.45, 2.75) is 19.3 Å². The van der Waals surface area contributed by atoms with Gasteiger partial charge in [0.05, 0.1) is 22.9 Å². The Balaban J connectivity index is 1.74. The zero-order chi connectivity index (χ0) is 13.8. The second-order valence-corrected chi connectivity index (χ2v) is 5.00. The molecule has 20 heavy (non-hydrogen) atoms. The molecule has 0 bridgehead atoms. The Morgan fingerprint density at radius 1 is 1.10 bits per heavy atom. The monoisotopic (exact) mass is 267 g/mol. The molecule has 1 aromatic carbocycles. The van der Waals surface area contributed by atoms with Crippen LogP contribution in [0, 0.1) is 0 Å². The molecule has 1 fully saturated rings. The van der Waals surface area contributed by atoms with Gasteiger partial charge in [-0.25, -0.2) is 4.98 Å². The van der Waals surface area contributed by atoms with Crippen molar-refractivity contribution < 1.29 is 4.79 Å². The van der Waals surface area contributed by atoms with Crippen LogP contribution in [0.1, 0.15) is 25.0 Å². The lowest BCUT2D eigenvalue weighted by Crippen LogP contribution is -2.34. The number of hydrogen-bond acceptors (Lipinski definition) is 3. The van der Waals surface area contributed by atoms with E-state index in [-0.39, 0.29) is 5.91 Å². The highest BCUT2D eigenvalue weighted by Gasteiger charge is 2.13. The van der Waals surface area contributed by atoms with E-state index < -0.39 is 0 Å². The Morgan fingerprint density at radius 2 is 1.85 bits per heavy atom. The number of nitrogens with zero attached hydrogens (tertiary/aromatic N) is 3. The first-order valence-corrected chi connectivity index (χ1v) is 7.02. The molecule has 1 saturated heterocycles. The smallest absolute Gasteiger partial charge is 0.246 e. The van der Waals surface area contributed by atoms with Crippen LogP contribution in [0.4, 0.5) is 0 Å². The number of likely N-dealkylation sites (tertiary alicyclic amines) is 1. The molecule has 4 nitrogen and oxygen atoms in total. The van der Waals surface area contributed by atoms with Crippen molar-refractivity contribution in [1.82, 2.24) is 14.9 Å². The number of hydrogen-bond donors (Lipinski definition) is 0. The number of fused-ring (bicyclic) bond motifs is 1. The van der Waals surface area contributed by atoms with Gasteiger partial charge in [0, 0.05) is 19.2 Å². The first-order chi connectivity index (χ1) is 9.83. The van der Waals surface area contributed by atoms with Crippen LogP contribution < -0.4 is 0 Å². The zero-order valence-electron chi connectivity index (χ0n) is 11.3. The summed E-state index contributed by atoms with van der Waals surface area (Å²) < 4.78 is 0. The fraction of sp³-hybridized carbons (Fsp3) is 0.312. The summed E-state index contributed by atoms with van der Waals surface area (Å²) in [5.74, 6) is 0.0691. The normalized spacial score (nSPS) is 15.9. The minimum absolute atomic E-state index is 0.0691. The van der Waals surface area contributed by atoms with Crippen molar-refractivity contribution in [3.8, 4) is 0 Å². The van der Waals surface area contributed by atoms with Crippen LogP contribution in [0.25, 0.3) is 17.1 Å². The van der Waals surface area contributed by atoms with E-state index >= 15 is 0 Å². The Morgan fingerprint density at radius 3 is 2.65 bits per heavy atom. The molecule has 0 aliphatic carbocycles. The van der Waals surface area contributed by atoms with Gasteiger partial charge < -0.3 is 4.90 Å². The van der Waals surface area contributed by atoms with Crippen molar-refractivity contribution in [3.05, 3.63) is 42.2 Å². The number of rotatable bonds is 2. The number of benzene rings is 1. The number of para-hydroxylation sites is 2. The van der Waals surface area contributed by atoms with Crippen LogP contribution in [-0.2, 0) is 4.79 Å². The van der Waals surface area contributed by atoms with E-state index in [0.29, 0.717) is 5.69 Å². The van der Waals surface area contributed by atoms with Crippen LogP contribution in [0.5, 0.6) is 0 Å². The molecular formula is C16H17N3O. The van der Waals surface area contributed by atoms with E-state index in [0.717, 1.165) is 37.0 Å². The lowest BCUT2D eigenvalue weighted by molar-refractivity contribution is -0.126. The van der Waals surface area contributed by atoms with Crippen LogP contribution in [-0.4, -0.2) is 33.9 Å². The standard InChI is InChI=1S/C16H17N3O/c20-16(19-10-4-1-5-11-19)9-8-13-12-17-14-6-2-3-7-15(14)18-13/h2-3,6-9,12H,1,4-5,10-11H2/b9-8+. The van der Waals surface area contributed by atoms with Crippen molar-refractivity contribution in [2.75, 3.05) is 13.1 Å². The molecule has 3 rings (SSSR count). The molecule has 0 radical (unpaired) electrons. The predicted molar refractivity (Wildman–Crippen MR) is 79.0 cm³/mol. The number of amides is 1. The SMILES string of the molecule is O=C(/C=C/c1cnc2ccccc2n1)N1CCCCC1. The Bertz CT molecular complexity index is 645. The van der Waals surface area contributed by atoms with E-state index in [1.54, 1.807) is 18.3 Å². The molecule has 0 atom stereocenters. The molecule has 0 spiro atoms. The Labute approximate surface area is 118 Å². The molecule has 1 aliphatic heterocycles. The second-order valence-electron chi connectivity index (χ2n) is 5.00. The molecular weight excluding hydrogens is 250 g/mol. The van der Waals surface area contributed by atoms with Crippen molar-refractivity contribution in [2.24, 2.45) is 0 Å². The van der Waals surface area contributed by atoms with E-state index in [4.69, 9.17) is 0 Å². The highest BCUT2D eigenvalue weighted by molar-refractivity contribution is 5.91. The van der Waals surface area contributed by atoms with Gasteiger partial charge >= 0.3 is 0 Å². The molecule has 2 heterocycles. The van der Waals surface area contributed by atoms with Gasteiger partial charge in [0.2, 0.25) is 5.91 Å². The van der Waals surface area contributed by atoms with Gasteiger partial charge in [-0.2, -0.15) is 0 Å². The van der Waals surface area contributed by atoms with Gasteiger partial charge in [-0.15, -0.1) is 0 Å². The summed E-state index contributed by atoms with van der Waals surface area (Å²) in [7, 11) is 0. The molecule has 1 aliphatic rings. The van der Waals surface area contributed by atoms with Gasteiger partial charge in [0.15, 0.2) is 0 Å². The fourth-order valence-electron chi connectivity index (χ4n) is 2.43. The Hall–Kier alpha value is -2.23. The summed E-state index contributed by atoms with van der Waals surface area (Å²) in [4.78, 5) is 22.7. The third-order valence-corrected chi connectivity index (χ3v) is 3.53. The van der Waals surface area contributed by atoms with E-state index in [2.05, 4.69) is 9.97 Å². The van der Waals surface area contributed by atoms with Crippen molar-refractivity contribution >= 4 is 23.0 Å². The lowest BCUT2D eigenvalue weighted by atomic mass is 10.1. The average Bonchev–Trinajstić information content (AvgIpc) is 2.53. The van der Waals surface area contributed by atoms with Crippen molar-refractivity contribution in [3.63, 3.8) is 0 Å². The summed E-state index contributed by atoms with van der Waals surface area (Å²) in [6.45, 7) is 1.74. The predicted octanol–water partition coefficient (Wildman–Crippen LogP) is 2.66. The van der Waals surface area contributed by atoms with Gasteiger partial charge in [0.1, 0.15) is 0 Å². The third-order valence-electron chi connectivity index (χ3n) is 3.53. The first kappa shape index (κ1) is 12.8. The van der Waals surface area contributed by atoms with Crippen LogP contribution in [0.15, 0.2) is 36.5 Å². The lowest BCUT2D eigenvalue weighted by Gasteiger charge is -2.25. The van der Waals surface area contributed by atoms with Gasteiger partial charge in [-0.1, -0.05) is 12.1 Å². The number of aromatic nitrogens is 2. The van der Waals surface area contributed by atoms with E-state index in [1.165, 1.54) is 6.42 Å². The molecule has 2 aromatic rings. The van der Waals surface area contributed by atoms with E-state index in [1.807, 2.05) is 29.2 Å². The van der Waals surface area contributed by atoms with Crippen LogP contribution in [0.2, 0.25) is 0 Å². The van der Waals surface area contributed by atoms with Crippen LogP contribution in [0.3, 0.4) is 0 Å². The quantitative estimate of drug-likeness (QED) is 0.786. The molecule has 1 aromatic heterocycles. The highest BCUT2D eigenvalue weighted by atomic mass is 16.2. The average molecular weight is 267 g/mol. The molecule has 0 saturated carbocycles. The van der Waals surface area contributed by atoms with E-state index in [9.17, 15) is 4.79 Å². The summed E-state index contributed by atoms with van der Waals surface area (Å²) in [5.41, 5.74) is 2.43. The topological polar surface area (TPSA) is 46.1 Å². The maximum absolute atomic E-state index is 12.0. The molecule has 0 N–H and O–H groups in total.